The molecule has 2 heterocycles. The Morgan fingerprint density at radius 1 is 1.00 bits per heavy atom. The van der Waals surface area contributed by atoms with Crippen LogP contribution in [0.3, 0.4) is 0 Å². The highest BCUT2D eigenvalue weighted by molar-refractivity contribution is 6.35. The van der Waals surface area contributed by atoms with Crippen LogP contribution in [0.1, 0.15) is 35.0 Å². The first-order chi connectivity index (χ1) is 13.6. The summed E-state index contributed by atoms with van der Waals surface area (Å²) in [5, 5.41) is 2.83. The van der Waals surface area contributed by atoms with Crippen LogP contribution >= 0.6 is 0 Å². The van der Waals surface area contributed by atoms with Gasteiger partial charge in [-0.3, -0.25) is 19.4 Å². The van der Waals surface area contributed by atoms with Crippen molar-refractivity contribution in [3.05, 3.63) is 65.5 Å². The molecule has 146 valence electrons. The SMILES string of the molecule is CCCNC(=O)c1ccc(CN2CCN(Cc3ccccn3)C(=O)C2=O)cc1. The lowest BCUT2D eigenvalue weighted by Gasteiger charge is -2.33. The number of aromatic nitrogens is 1. The zero-order chi connectivity index (χ0) is 19.9. The topological polar surface area (TPSA) is 82.6 Å². The fourth-order valence-corrected chi connectivity index (χ4v) is 3.03. The number of nitrogens with one attached hydrogen (secondary N) is 1. The van der Waals surface area contributed by atoms with Crippen molar-refractivity contribution in [3.63, 3.8) is 0 Å². The minimum Gasteiger partial charge on any atom is -0.352 e. The lowest BCUT2D eigenvalue weighted by Crippen LogP contribution is -2.53. The lowest BCUT2D eigenvalue weighted by atomic mass is 10.1. The van der Waals surface area contributed by atoms with Crippen LogP contribution in [-0.4, -0.2) is 52.1 Å². The van der Waals surface area contributed by atoms with Gasteiger partial charge in [0.25, 0.3) is 5.91 Å². The van der Waals surface area contributed by atoms with E-state index in [1.165, 1.54) is 4.90 Å². The van der Waals surface area contributed by atoms with Crippen LogP contribution in [-0.2, 0) is 22.7 Å². The maximum Gasteiger partial charge on any atom is 0.312 e. The van der Waals surface area contributed by atoms with Gasteiger partial charge in [-0.25, -0.2) is 0 Å². The Labute approximate surface area is 164 Å². The van der Waals surface area contributed by atoms with E-state index in [2.05, 4.69) is 10.3 Å². The van der Waals surface area contributed by atoms with E-state index in [9.17, 15) is 14.4 Å². The van der Waals surface area contributed by atoms with Gasteiger partial charge in [0.1, 0.15) is 0 Å². The number of pyridine rings is 1. The van der Waals surface area contributed by atoms with E-state index in [-0.39, 0.29) is 5.91 Å². The average molecular weight is 380 g/mol. The van der Waals surface area contributed by atoms with E-state index in [0.717, 1.165) is 17.7 Å². The Morgan fingerprint density at radius 3 is 2.29 bits per heavy atom. The molecule has 0 saturated carbocycles. The molecule has 3 amide bonds. The molecule has 1 N–H and O–H groups in total. The van der Waals surface area contributed by atoms with E-state index in [1.54, 1.807) is 23.2 Å². The van der Waals surface area contributed by atoms with Crippen LogP contribution in [0, 0.1) is 0 Å². The fourth-order valence-electron chi connectivity index (χ4n) is 3.03. The Hall–Kier alpha value is -3.22. The number of rotatable bonds is 7. The first-order valence-electron chi connectivity index (χ1n) is 9.43. The first kappa shape index (κ1) is 19.5. The van der Waals surface area contributed by atoms with E-state index < -0.39 is 11.8 Å². The van der Waals surface area contributed by atoms with Crippen molar-refractivity contribution < 1.29 is 14.4 Å². The van der Waals surface area contributed by atoms with Gasteiger partial charge in [-0.05, 0) is 36.2 Å². The molecule has 1 saturated heterocycles. The van der Waals surface area contributed by atoms with Crippen LogP contribution in [0.5, 0.6) is 0 Å². The van der Waals surface area contributed by atoms with Gasteiger partial charge in [-0.1, -0.05) is 25.1 Å². The van der Waals surface area contributed by atoms with Crippen molar-refractivity contribution in [2.45, 2.75) is 26.4 Å². The van der Waals surface area contributed by atoms with Gasteiger partial charge in [0, 0.05) is 37.9 Å². The number of piperazine rings is 1. The second-order valence-electron chi connectivity index (χ2n) is 6.73. The molecule has 0 spiro atoms. The number of amides is 3. The summed E-state index contributed by atoms with van der Waals surface area (Å²) >= 11 is 0. The molecule has 0 radical (unpaired) electrons. The molecule has 1 fully saturated rings. The normalized spacial score (nSPS) is 14.3. The van der Waals surface area contributed by atoms with Crippen molar-refractivity contribution in [2.75, 3.05) is 19.6 Å². The van der Waals surface area contributed by atoms with Gasteiger partial charge in [-0.15, -0.1) is 0 Å². The number of benzene rings is 1. The van der Waals surface area contributed by atoms with Gasteiger partial charge in [-0.2, -0.15) is 0 Å². The van der Waals surface area contributed by atoms with Crippen molar-refractivity contribution in [2.24, 2.45) is 0 Å². The maximum atomic E-state index is 12.5. The molecule has 3 rings (SSSR count). The Balaban J connectivity index is 1.58. The Kier molecular flexibility index (Phi) is 6.37. The minimum absolute atomic E-state index is 0.109. The van der Waals surface area contributed by atoms with Crippen LogP contribution < -0.4 is 5.32 Å². The van der Waals surface area contributed by atoms with Crippen molar-refractivity contribution in [3.8, 4) is 0 Å². The molecular weight excluding hydrogens is 356 g/mol. The number of nitrogens with zero attached hydrogens (tertiary/aromatic N) is 3. The highest BCUT2D eigenvalue weighted by Gasteiger charge is 2.32. The first-order valence-corrected chi connectivity index (χ1v) is 9.43. The summed E-state index contributed by atoms with van der Waals surface area (Å²) in [7, 11) is 0. The largest absolute Gasteiger partial charge is 0.352 e. The summed E-state index contributed by atoms with van der Waals surface area (Å²) in [5.41, 5.74) is 2.22. The smallest absolute Gasteiger partial charge is 0.312 e. The number of carbonyl (C=O) groups excluding carboxylic acids is 3. The monoisotopic (exact) mass is 380 g/mol. The van der Waals surface area contributed by atoms with E-state index in [1.807, 2.05) is 37.3 Å². The molecule has 0 atom stereocenters. The van der Waals surface area contributed by atoms with Gasteiger partial charge in [0.15, 0.2) is 0 Å². The predicted octanol–water partition coefficient (Wildman–Crippen LogP) is 1.59. The summed E-state index contributed by atoms with van der Waals surface area (Å²) in [4.78, 5) is 44.1. The predicted molar refractivity (Wildman–Crippen MR) is 104 cm³/mol. The van der Waals surface area contributed by atoms with Crippen molar-refractivity contribution in [1.29, 1.82) is 0 Å². The molecule has 7 heteroatoms. The zero-order valence-corrected chi connectivity index (χ0v) is 15.9. The van der Waals surface area contributed by atoms with Crippen LogP contribution in [0.25, 0.3) is 0 Å². The highest BCUT2D eigenvalue weighted by Crippen LogP contribution is 2.14. The summed E-state index contributed by atoms with van der Waals surface area (Å²) in [5.74, 6) is -1.12. The molecule has 1 aliphatic rings. The Morgan fingerprint density at radius 2 is 1.68 bits per heavy atom. The quantitative estimate of drug-likeness (QED) is 0.740. The average Bonchev–Trinajstić information content (AvgIpc) is 2.73. The summed E-state index contributed by atoms with van der Waals surface area (Å²) in [6.45, 7) is 4.26. The summed E-state index contributed by atoms with van der Waals surface area (Å²) in [6.07, 6.45) is 2.55. The molecule has 2 aromatic rings. The lowest BCUT2D eigenvalue weighted by molar-refractivity contribution is -0.156. The molecule has 7 nitrogen and oxygen atoms in total. The maximum absolute atomic E-state index is 12.5. The van der Waals surface area contributed by atoms with Crippen molar-refractivity contribution in [1.82, 2.24) is 20.1 Å². The summed E-state index contributed by atoms with van der Waals surface area (Å²) < 4.78 is 0. The molecule has 1 aliphatic heterocycles. The molecule has 1 aromatic carbocycles. The van der Waals surface area contributed by atoms with Crippen LogP contribution in [0.15, 0.2) is 48.7 Å². The van der Waals surface area contributed by atoms with E-state index in [0.29, 0.717) is 38.3 Å². The van der Waals surface area contributed by atoms with Gasteiger partial charge < -0.3 is 15.1 Å². The number of hydrogen-bond acceptors (Lipinski definition) is 4. The van der Waals surface area contributed by atoms with Gasteiger partial charge in [0.05, 0.1) is 12.2 Å². The third-order valence-corrected chi connectivity index (χ3v) is 4.60. The number of carbonyl (C=O) groups is 3. The van der Waals surface area contributed by atoms with Crippen LogP contribution in [0.4, 0.5) is 0 Å². The zero-order valence-electron chi connectivity index (χ0n) is 15.9. The molecule has 1 aromatic heterocycles. The molecule has 0 bridgehead atoms. The Bertz CT molecular complexity index is 836. The van der Waals surface area contributed by atoms with Crippen molar-refractivity contribution >= 4 is 17.7 Å². The second kappa shape index (κ2) is 9.12. The third-order valence-electron chi connectivity index (χ3n) is 4.60. The van der Waals surface area contributed by atoms with E-state index in [4.69, 9.17) is 0 Å². The standard InChI is InChI=1S/C21H24N4O3/c1-2-10-23-19(26)17-8-6-16(7-9-17)14-24-12-13-25(21(28)20(24)27)15-18-5-3-4-11-22-18/h3-9,11H,2,10,12-15H2,1H3,(H,23,26). The van der Waals surface area contributed by atoms with Gasteiger partial charge >= 0.3 is 11.8 Å². The molecule has 0 aliphatic carbocycles. The molecular formula is C21H24N4O3. The highest BCUT2D eigenvalue weighted by atomic mass is 16.2. The number of hydrogen-bond donors (Lipinski definition) is 1. The molecule has 0 unspecified atom stereocenters. The minimum atomic E-state index is -0.507. The molecule has 28 heavy (non-hydrogen) atoms. The van der Waals surface area contributed by atoms with Gasteiger partial charge in [0.2, 0.25) is 0 Å². The van der Waals surface area contributed by atoms with E-state index >= 15 is 0 Å². The fraction of sp³-hybridized carbons (Fsp3) is 0.333. The summed E-state index contributed by atoms with van der Waals surface area (Å²) in [6, 6.07) is 12.6. The second-order valence-corrected chi connectivity index (χ2v) is 6.73. The third kappa shape index (κ3) is 4.73. The van der Waals surface area contributed by atoms with Crippen LogP contribution in [0.2, 0.25) is 0 Å².